The minimum atomic E-state index is -3.51. The van der Waals surface area contributed by atoms with Gasteiger partial charge in [0, 0.05) is 38.5 Å². The van der Waals surface area contributed by atoms with Gasteiger partial charge in [-0.25, -0.2) is 8.42 Å². The number of aromatic nitrogens is 3. The van der Waals surface area contributed by atoms with Crippen LogP contribution in [0.25, 0.3) is 0 Å². The van der Waals surface area contributed by atoms with Crippen molar-refractivity contribution >= 4 is 28.1 Å². The van der Waals surface area contributed by atoms with Gasteiger partial charge < -0.3 is 9.88 Å². The predicted molar refractivity (Wildman–Crippen MR) is 112 cm³/mol. The van der Waals surface area contributed by atoms with Gasteiger partial charge >= 0.3 is 0 Å². The summed E-state index contributed by atoms with van der Waals surface area (Å²) in [5, 5.41) is 9.90. The van der Waals surface area contributed by atoms with Crippen LogP contribution in [0.1, 0.15) is 31.2 Å². The average Bonchev–Trinajstić information content (AvgIpc) is 3.07. The molecule has 158 valence electrons. The molecule has 8 nitrogen and oxygen atoms in total. The Balaban J connectivity index is 1.50. The fourth-order valence-corrected chi connectivity index (χ4v) is 5.28. The van der Waals surface area contributed by atoms with E-state index in [1.165, 1.54) is 4.31 Å². The van der Waals surface area contributed by atoms with Gasteiger partial charge in [0.2, 0.25) is 15.9 Å². The molecule has 0 atom stereocenters. The molecule has 2 N–H and O–H groups in total. The number of rotatable bonds is 7. The van der Waals surface area contributed by atoms with E-state index in [1.807, 2.05) is 18.4 Å². The number of nitrogens with zero attached hydrogens (tertiary/aromatic N) is 3. The fraction of sp³-hybridized carbons (Fsp3) is 0.526. The van der Waals surface area contributed by atoms with E-state index in [2.05, 4.69) is 15.5 Å². The molecule has 1 saturated heterocycles. The van der Waals surface area contributed by atoms with Crippen molar-refractivity contribution in [3.63, 3.8) is 0 Å². The van der Waals surface area contributed by atoms with Crippen molar-refractivity contribution in [3.05, 3.63) is 40.4 Å². The zero-order chi connectivity index (χ0) is 21.0. The maximum absolute atomic E-state index is 12.8. The van der Waals surface area contributed by atoms with Gasteiger partial charge in [0.25, 0.3) is 0 Å². The highest BCUT2D eigenvalue weighted by molar-refractivity contribution is 7.89. The number of aryl methyl sites for hydroxylation is 1. The lowest BCUT2D eigenvalue weighted by Crippen LogP contribution is -2.43. The van der Waals surface area contributed by atoms with Gasteiger partial charge in [0.1, 0.15) is 5.82 Å². The summed E-state index contributed by atoms with van der Waals surface area (Å²) in [6.45, 7) is 5.81. The van der Waals surface area contributed by atoms with Crippen molar-refractivity contribution in [1.29, 1.82) is 0 Å². The van der Waals surface area contributed by atoms with Crippen LogP contribution in [0.2, 0.25) is 0 Å². The Morgan fingerprint density at radius 1 is 1.28 bits per heavy atom. The van der Waals surface area contributed by atoms with Gasteiger partial charge in [-0.2, -0.15) is 9.40 Å². The first-order valence-electron chi connectivity index (χ1n) is 9.81. The van der Waals surface area contributed by atoms with E-state index in [0.29, 0.717) is 48.6 Å². The number of piperidine rings is 1. The van der Waals surface area contributed by atoms with Crippen LogP contribution in [0, 0.1) is 17.6 Å². The monoisotopic (exact) mass is 437 g/mol. The van der Waals surface area contributed by atoms with Crippen molar-refractivity contribution < 1.29 is 13.2 Å². The Labute approximate surface area is 176 Å². The molecule has 0 aliphatic carbocycles. The summed E-state index contributed by atoms with van der Waals surface area (Å²) in [5.74, 6) is 0.609. The Morgan fingerprint density at radius 3 is 2.55 bits per heavy atom. The first kappa shape index (κ1) is 21.7. The number of amides is 1. The third-order valence-corrected chi connectivity index (χ3v) is 7.51. The van der Waals surface area contributed by atoms with Crippen molar-refractivity contribution in [2.75, 3.05) is 19.6 Å². The molecular formula is C19H27N5O3S2. The average molecular weight is 438 g/mol. The predicted octanol–water partition coefficient (Wildman–Crippen LogP) is 2.03. The summed E-state index contributed by atoms with van der Waals surface area (Å²) in [7, 11) is -3.51. The first-order valence-corrected chi connectivity index (χ1v) is 11.7. The highest BCUT2D eigenvalue weighted by Gasteiger charge is 2.31. The quantitative estimate of drug-likeness (QED) is 0.646. The van der Waals surface area contributed by atoms with Gasteiger partial charge in [-0.05, 0) is 51.0 Å². The Kier molecular flexibility index (Phi) is 6.86. The highest BCUT2D eigenvalue weighted by Crippen LogP contribution is 2.24. The summed E-state index contributed by atoms with van der Waals surface area (Å²) in [6.07, 6.45) is 1.63. The Bertz CT molecular complexity index is 1000. The van der Waals surface area contributed by atoms with E-state index >= 15 is 0 Å². The zero-order valence-electron chi connectivity index (χ0n) is 16.7. The smallest absolute Gasteiger partial charge is 0.243 e. The summed E-state index contributed by atoms with van der Waals surface area (Å²) in [5.41, 5.74) is 1.02. The van der Waals surface area contributed by atoms with Crippen LogP contribution in [-0.4, -0.2) is 53.0 Å². The molecule has 1 aliphatic heterocycles. The summed E-state index contributed by atoms with van der Waals surface area (Å²) >= 11 is 5.16. The minimum absolute atomic E-state index is 0.0328. The van der Waals surface area contributed by atoms with Gasteiger partial charge in [-0.3, -0.25) is 9.89 Å². The number of sulfonamides is 1. The van der Waals surface area contributed by atoms with Crippen LogP contribution in [0.5, 0.6) is 0 Å². The molecule has 1 aliphatic rings. The number of aromatic amines is 1. The van der Waals surface area contributed by atoms with Crippen LogP contribution in [0.4, 0.5) is 0 Å². The first-order chi connectivity index (χ1) is 13.8. The van der Waals surface area contributed by atoms with E-state index in [4.69, 9.17) is 12.2 Å². The van der Waals surface area contributed by atoms with Crippen LogP contribution < -0.4 is 5.32 Å². The van der Waals surface area contributed by atoms with Crippen molar-refractivity contribution in [2.45, 2.75) is 44.6 Å². The molecule has 10 heteroatoms. The topological polar surface area (TPSA) is 100 Å². The molecule has 0 unspecified atom stereocenters. The number of nitrogens with one attached hydrogen (secondary N) is 2. The van der Waals surface area contributed by atoms with E-state index in [0.717, 1.165) is 17.9 Å². The molecular weight excluding hydrogens is 410 g/mol. The summed E-state index contributed by atoms with van der Waals surface area (Å²) in [6, 6.07) is 6.86. The van der Waals surface area contributed by atoms with Crippen molar-refractivity contribution in [1.82, 2.24) is 24.4 Å². The van der Waals surface area contributed by atoms with E-state index < -0.39 is 10.0 Å². The lowest BCUT2D eigenvalue weighted by Gasteiger charge is -2.30. The SMILES string of the molecule is CCn1c(CCNC(=O)C2CCN(S(=O)(=O)c3ccc(C)cc3)CC2)n[nH]c1=S. The number of hydrogen-bond acceptors (Lipinski definition) is 5. The van der Waals surface area contributed by atoms with Crippen LogP contribution in [-0.2, 0) is 27.8 Å². The normalized spacial score (nSPS) is 16.1. The van der Waals surface area contributed by atoms with Crippen molar-refractivity contribution in [3.8, 4) is 0 Å². The van der Waals surface area contributed by atoms with E-state index in [9.17, 15) is 13.2 Å². The number of H-pyrrole nitrogens is 1. The number of carbonyl (C=O) groups excluding carboxylic acids is 1. The maximum Gasteiger partial charge on any atom is 0.243 e. The second-order valence-electron chi connectivity index (χ2n) is 7.22. The molecule has 0 spiro atoms. The van der Waals surface area contributed by atoms with E-state index in [1.54, 1.807) is 24.3 Å². The molecule has 1 fully saturated rings. The molecule has 0 bridgehead atoms. The van der Waals surface area contributed by atoms with Crippen molar-refractivity contribution in [2.24, 2.45) is 5.92 Å². The number of carbonyl (C=O) groups is 1. The highest BCUT2D eigenvalue weighted by atomic mass is 32.2. The number of benzene rings is 1. The summed E-state index contributed by atoms with van der Waals surface area (Å²) < 4.78 is 29.5. The molecule has 2 heterocycles. The van der Waals surface area contributed by atoms with Gasteiger partial charge in [0.15, 0.2) is 4.77 Å². The molecule has 1 aromatic carbocycles. The lowest BCUT2D eigenvalue weighted by molar-refractivity contribution is -0.126. The summed E-state index contributed by atoms with van der Waals surface area (Å²) in [4.78, 5) is 12.8. The van der Waals surface area contributed by atoms with Crippen LogP contribution in [0.3, 0.4) is 0 Å². The number of hydrogen-bond donors (Lipinski definition) is 2. The lowest BCUT2D eigenvalue weighted by atomic mass is 9.97. The van der Waals surface area contributed by atoms with Gasteiger partial charge in [0.05, 0.1) is 4.90 Å². The zero-order valence-corrected chi connectivity index (χ0v) is 18.4. The molecule has 3 rings (SSSR count). The molecule has 0 radical (unpaired) electrons. The van der Waals surface area contributed by atoms with Gasteiger partial charge in [-0.15, -0.1) is 0 Å². The molecule has 0 saturated carbocycles. The Morgan fingerprint density at radius 2 is 1.93 bits per heavy atom. The second-order valence-corrected chi connectivity index (χ2v) is 9.55. The van der Waals surface area contributed by atoms with Gasteiger partial charge in [-0.1, -0.05) is 17.7 Å². The molecule has 1 amide bonds. The minimum Gasteiger partial charge on any atom is -0.355 e. The third-order valence-electron chi connectivity index (χ3n) is 5.28. The fourth-order valence-electron chi connectivity index (χ4n) is 3.53. The molecule has 1 aromatic heterocycles. The standard InChI is InChI=1S/C19H27N5O3S2/c1-3-24-17(21-22-19(24)28)8-11-20-18(25)15-9-12-23(13-10-15)29(26,27)16-6-4-14(2)5-7-16/h4-7,15H,3,8-13H2,1-2H3,(H,20,25)(H,22,28). The maximum atomic E-state index is 12.8. The largest absolute Gasteiger partial charge is 0.355 e. The third kappa shape index (κ3) is 4.93. The molecule has 2 aromatic rings. The Hall–Kier alpha value is -2.04. The van der Waals surface area contributed by atoms with Crippen LogP contribution >= 0.6 is 12.2 Å². The molecule has 29 heavy (non-hydrogen) atoms. The second kappa shape index (κ2) is 9.19. The van der Waals surface area contributed by atoms with Crippen LogP contribution in [0.15, 0.2) is 29.2 Å². The van der Waals surface area contributed by atoms with E-state index in [-0.39, 0.29) is 11.8 Å².